The maximum Gasteiger partial charge on any atom is 0.328 e. The van der Waals surface area contributed by atoms with E-state index in [4.69, 9.17) is 0 Å². The fraction of sp³-hybridized carbons (Fsp3) is 0.400. The highest BCUT2D eigenvalue weighted by atomic mass is 16.2. The van der Waals surface area contributed by atoms with E-state index in [0.29, 0.717) is 0 Å². The number of fused-ring (bicyclic) bond motifs is 3. The Morgan fingerprint density at radius 2 is 1.79 bits per heavy atom. The molecule has 0 saturated carbocycles. The van der Waals surface area contributed by atoms with Crippen LogP contribution in [-0.2, 0) is 13.0 Å². The van der Waals surface area contributed by atoms with Gasteiger partial charge in [0.05, 0.1) is 17.3 Å². The molecule has 1 amide bonds. The zero-order valence-electron chi connectivity index (χ0n) is 17.2. The van der Waals surface area contributed by atoms with Gasteiger partial charge in [-0.1, -0.05) is 68.3 Å². The summed E-state index contributed by atoms with van der Waals surface area (Å²) in [6.45, 7) is 5.84. The third kappa shape index (κ3) is 3.16. The minimum Gasteiger partial charge on any atom is -0.322 e. The molecule has 5 rings (SSSR count). The summed E-state index contributed by atoms with van der Waals surface area (Å²) in [5.41, 5.74) is 5.05. The number of carbonyl (C=O) groups is 1. The van der Waals surface area contributed by atoms with Gasteiger partial charge in [0.15, 0.2) is 0 Å². The van der Waals surface area contributed by atoms with Gasteiger partial charge in [-0.25, -0.2) is 4.79 Å². The Bertz CT molecular complexity index is 1020. The van der Waals surface area contributed by atoms with E-state index in [1.54, 1.807) is 0 Å². The maximum atomic E-state index is 13.5. The molecule has 150 valence electrons. The number of unbranched alkanes of at least 4 members (excludes halogenated alkanes) is 2. The number of para-hydroxylation sites is 1. The van der Waals surface area contributed by atoms with Crippen LogP contribution in [-0.4, -0.2) is 40.0 Å². The Kier molecular flexibility index (Phi) is 4.88. The number of carbonyl (C=O) groups excluding carboxylic acids is 1. The van der Waals surface area contributed by atoms with Gasteiger partial charge in [-0.2, -0.15) is 0 Å². The van der Waals surface area contributed by atoms with Crippen LogP contribution in [0.2, 0.25) is 0 Å². The number of rotatable bonds is 6. The summed E-state index contributed by atoms with van der Waals surface area (Å²) in [5.74, 6) is 0. The summed E-state index contributed by atoms with van der Waals surface area (Å²) in [6, 6.07) is 19.6. The highest BCUT2D eigenvalue weighted by Crippen LogP contribution is 2.41. The molecule has 1 aromatic heterocycles. The van der Waals surface area contributed by atoms with Gasteiger partial charge in [0.2, 0.25) is 0 Å². The van der Waals surface area contributed by atoms with Crippen molar-refractivity contribution in [1.82, 2.24) is 14.4 Å². The highest BCUT2D eigenvalue weighted by Gasteiger charge is 2.40. The molecule has 2 aliphatic heterocycles. The van der Waals surface area contributed by atoms with Crippen molar-refractivity contribution in [2.75, 3.05) is 19.6 Å². The van der Waals surface area contributed by atoms with Gasteiger partial charge in [0.1, 0.15) is 0 Å². The topological polar surface area (TPSA) is 28.5 Å². The van der Waals surface area contributed by atoms with Gasteiger partial charge in [0.25, 0.3) is 0 Å². The number of amides is 1. The Morgan fingerprint density at radius 1 is 1.00 bits per heavy atom. The fourth-order valence-electron chi connectivity index (χ4n) is 5.11. The van der Waals surface area contributed by atoms with Gasteiger partial charge < -0.3 is 4.90 Å². The van der Waals surface area contributed by atoms with Crippen molar-refractivity contribution in [1.29, 1.82) is 0 Å². The number of hydrogen-bond donors (Lipinski definition) is 0. The molecule has 0 spiro atoms. The van der Waals surface area contributed by atoms with Crippen molar-refractivity contribution < 1.29 is 4.79 Å². The Balaban J connectivity index is 1.56. The van der Waals surface area contributed by atoms with E-state index in [1.165, 1.54) is 35.0 Å². The van der Waals surface area contributed by atoms with Crippen molar-refractivity contribution in [2.24, 2.45) is 0 Å². The summed E-state index contributed by atoms with van der Waals surface area (Å²) in [5, 5.41) is 1.26. The van der Waals surface area contributed by atoms with E-state index in [2.05, 4.69) is 71.3 Å². The molecule has 1 atom stereocenters. The molecule has 0 aliphatic carbocycles. The Labute approximate surface area is 172 Å². The Hall–Kier alpha value is -2.59. The molecule has 3 aromatic rings. The lowest BCUT2D eigenvalue weighted by Crippen LogP contribution is -2.50. The molecule has 29 heavy (non-hydrogen) atoms. The fourth-order valence-corrected chi connectivity index (χ4v) is 5.11. The van der Waals surface area contributed by atoms with Crippen LogP contribution >= 0.6 is 0 Å². The second-order valence-corrected chi connectivity index (χ2v) is 8.37. The molecule has 0 fully saturated rings. The predicted molar refractivity (Wildman–Crippen MR) is 117 cm³/mol. The third-order valence-corrected chi connectivity index (χ3v) is 6.54. The van der Waals surface area contributed by atoms with Crippen LogP contribution in [0, 0.1) is 0 Å². The lowest BCUT2D eigenvalue weighted by atomic mass is 9.95. The molecule has 4 nitrogen and oxygen atoms in total. The first-order valence-corrected chi connectivity index (χ1v) is 11.0. The summed E-state index contributed by atoms with van der Waals surface area (Å²) >= 11 is 0. The molecule has 3 heterocycles. The first-order chi connectivity index (χ1) is 14.3. The summed E-state index contributed by atoms with van der Waals surface area (Å²) in [7, 11) is 0. The molecular formula is C25H29N3O. The van der Waals surface area contributed by atoms with Gasteiger partial charge in [-0.15, -0.1) is 0 Å². The van der Waals surface area contributed by atoms with Crippen LogP contribution in [0.25, 0.3) is 10.9 Å². The zero-order chi connectivity index (χ0) is 19.8. The van der Waals surface area contributed by atoms with Crippen molar-refractivity contribution in [2.45, 2.75) is 45.2 Å². The predicted octanol–water partition coefficient (Wildman–Crippen LogP) is 5.21. The molecular weight excluding hydrogens is 358 g/mol. The molecule has 0 N–H and O–H groups in total. The largest absolute Gasteiger partial charge is 0.328 e. The first kappa shape index (κ1) is 18.4. The van der Waals surface area contributed by atoms with Gasteiger partial charge >= 0.3 is 6.03 Å². The van der Waals surface area contributed by atoms with E-state index in [-0.39, 0.29) is 12.1 Å². The van der Waals surface area contributed by atoms with Gasteiger partial charge in [-0.3, -0.25) is 9.47 Å². The molecule has 1 unspecified atom stereocenters. The average molecular weight is 388 g/mol. The monoisotopic (exact) mass is 387 g/mol. The van der Waals surface area contributed by atoms with Gasteiger partial charge in [-0.05, 0) is 30.0 Å². The lowest BCUT2D eigenvalue weighted by molar-refractivity contribution is 0.108. The summed E-state index contributed by atoms with van der Waals surface area (Å²) in [6.07, 6.45) is 4.44. The van der Waals surface area contributed by atoms with E-state index < -0.39 is 0 Å². The standard InChI is InChI=1S/C25H29N3O/c1-2-3-9-15-27-18-23-24-21(14-16-26(23)17-19-10-5-4-6-11-19)20-12-7-8-13-22(20)28(24)25(27)29/h4-8,10-13,23H,2-3,9,14-18H2,1H3. The maximum absolute atomic E-state index is 13.5. The minimum absolute atomic E-state index is 0.163. The summed E-state index contributed by atoms with van der Waals surface area (Å²) in [4.78, 5) is 18.1. The number of aromatic nitrogens is 1. The average Bonchev–Trinajstić information content (AvgIpc) is 3.09. The van der Waals surface area contributed by atoms with Crippen LogP contribution in [0.15, 0.2) is 54.6 Å². The zero-order valence-corrected chi connectivity index (χ0v) is 17.2. The van der Waals surface area contributed by atoms with Crippen LogP contribution in [0.5, 0.6) is 0 Å². The number of nitrogens with zero attached hydrogens (tertiary/aromatic N) is 3. The molecule has 2 aliphatic rings. The van der Waals surface area contributed by atoms with Crippen LogP contribution in [0.4, 0.5) is 4.79 Å². The van der Waals surface area contributed by atoms with E-state index in [0.717, 1.165) is 44.5 Å². The van der Waals surface area contributed by atoms with Gasteiger partial charge in [0, 0.05) is 31.6 Å². The molecule has 0 bridgehead atoms. The molecule has 0 radical (unpaired) electrons. The van der Waals surface area contributed by atoms with E-state index >= 15 is 0 Å². The normalized spacial score (nSPS) is 19.0. The van der Waals surface area contributed by atoms with Crippen LogP contribution in [0.3, 0.4) is 0 Å². The van der Waals surface area contributed by atoms with E-state index in [1.807, 2.05) is 4.57 Å². The number of hydrogen-bond acceptors (Lipinski definition) is 2. The SMILES string of the molecule is CCCCCN1CC2c3c(c4ccccc4n3C1=O)CCN2Cc1ccccc1. The molecule has 0 saturated heterocycles. The second-order valence-electron chi connectivity index (χ2n) is 8.37. The van der Waals surface area contributed by atoms with Crippen LogP contribution < -0.4 is 0 Å². The first-order valence-electron chi connectivity index (χ1n) is 11.0. The minimum atomic E-state index is 0.163. The van der Waals surface area contributed by atoms with Crippen molar-refractivity contribution in [3.63, 3.8) is 0 Å². The lowest BCUT2D eigenvalue weighted by Gasteiger charge is -2.43. The van der Waals surface area contributed by atoms with Crippen molar-refractivity contribution in [3.8, 4) is 0 Å². The third-order valence-electron chi connectivity index (χ3n) is 6.54. The Morgan fingerprint density at radius 3 is 2.62 bits per heavy atom. The summed E-state index contributed by atoms with van der Waals surface area (Å²) < 4.78 is 2.03. The molecule has 2 aromatic carbocycles. The van der Waals surface area contributed by atoms with Crippen LogP contribution in [0.1, 0.15) is 49.0 Å². The smallest absolute Gasteiger partial charge is 0.322 e. The molecule has 4 heteroatoms. The van der Waals surface area contributed by atoms with E-state index in [9.17, 15) is 4.79 Å². The number of benzene rings is 2. The quantitative estimate of drug-likeness (QED) is 0.543. The van der Waals surface area contributed by atoms with Crippen molar-refractivity contribution >= 4 is 16.9 Å². The van der Waals surface area contributed by atoms with Crippen molar-refractivity contribution in [3.05, 3.63) is 71.4 Å². The second kappa shape index (κ2) is 7.68. The highest BCUT2D eigenvalue weighted by molar-refractivity contribution is 5.96.